The number of thiazole rings is 1. The van der Waals surface area contributed by atoms with Gasteiger partial charge in [0.15, 0.2) is 0 Å². The van der Waals surface area contributed by atoms with Crippen LogP contribution in [0.4, 0.5) is 4.39 Å². The maximum Gasteiger partial charge on any atom is 0.308 e. The van der Waals surface area contributed by atoms with E-state index in [1.807, 2.05) is 13.8 Å². The first kappa shape index (κ1) is 16.4. The average molecular weight is 322 g/mol. The molecule has 0 aliphatic carbocycles. The molecule has 0 spiro atoms. The number of halogens is 1. The number of aromatic nitrogens is 1. The van der Waals surface area contributed by atoms with Crippen molar-refractivity contribution in [1.82, 2.24) is 9.88 Å². The van der Waals surface area contributed by atoms with Crippen LogP contribution in [0.1, 0.15) is 34.8 Å². The highest BCUT2D eigenvalue weighted by Crippen LogP contribution is 2.14. The predicted octanol–water partition coefficient (Wildman–Crippen LogP) is 2.79. The van der Waals surface area contributed by atoms with Gasteiger partial charge in [0.25, 0.3) is 5.91 Å². The molecular formula is C16H19FN2O2S. The maximum absolute atomic E-state index is 12.9. The zero-order valence-corrected chi connectivity index (χ0v) is 13.7. The van der Waals surface area contributed by atoms with Crippen LogP contribution in [0.5, 0.6) is 0 Å². The smallest absolute Gasteiger partial charge is 0.308 e. The van der Waals surface area contributed by atoms with Gasteiger partial charge in [-0.05, 0) is 30.5 Å². The van der Waals surface area contributed by atoms with Crippen molar-refractivity contribution in [3.05, 3.63) is 55.9 Å². The number of benzene rings is 1. The Morgan fingerprint density at radius 3 is 2.55 bits per heavy atom. The molecule has 0 saturated carbocycles. The average Bonchev–Trinajstić information content (AvgIpc) is 2.75. The Hall–Kier alpha value is -1.95. The lowest BCUT2D eigenvalue weighted by molar-refractivity contribution is 0.0952. The van der Waals surface area contributed by atoms with E-state index < -0.39 is 0 Å². The minimum atomic E-state index is -0.313. The first-order valence-electron chi connectivity index (χ1n) is 7.11. The SMILES string of the molecule is Cc1c(C(=O)NCC(C)C)sc(=O)n1Cc1ccc(F)cc1. The summed E-state index contributed by atoms with van der Waals surface area (Å²) >= 11 is 0.944. The van der Waals surface area contributed by atoms with Crippen LogP contribution in [-0.4, -0.2) is 17.0 Å². The van der Waals surface area contributed by atoms with Crippen molar-refractivity contribution in [2.45, 2.75) is 27.3 Å². The van der Waals surface area contributed by atoms with E-state index in [0.717, 1.165) is 16.9 Å². The standard InChI is InChI=1S/C16H19FN2O2S/c1-10(2)8-18-15(20)14-11(3)19(16(21)22-14)9-12-4-6-13(17)7-5-12/h4-7,10H,8-9H2,1-3H3,(H,18,20). The second-order valence-corrected chi connectivity index (χ2v) is 6.56. The lowest BCUT2D eigenvalue weighted by Crippen LogP contribution is -2.27. The molecule has 0 atom stereocenters. The maximum atomic E-state index is 12.9. The van der Waals surface area contributed by atoms with Crippen LogP contribution in [-0.2, 0) is 6.54 Å². The molecule has 0 unspecified atom stereocenters. The quantitative estimate of drug-likeness (QED) is 0.920. The summed E-state index contributed by atoms with van der Waals surface area (Å²) in [5.41, 5.74) is 1.46. The van der Waals surface area contributed by atoms with Crippen LogP contribution in [0.2, 0.25) is 0 Å². The first-order chi connectivity index (χ1) is 10.4. The van der Waals surface area contributed by atoms with Gasteiger partial charge in [0.05, 0.1) is 6.54 Å². The Morgan fingerprint density at radius 2 is 1.95 bits per heavy atom. The van der Waals surface area contributed by atoms with E-state index in [2.05, 4.69) is 5.32 Å². The molecule has 1 heterocycles. The van der Waals surface area contributed by atoms with Crippen molar-refractivity contribution in [2.24, 2.45) is 5.92 Å². The summed E-state index contributed by atoms with van der Waals surface area (Å²) in [6.45, 7) is 6.68. The van der Waals surface area contributed by atoms with Crippen LogP contribution >= 0.6 is 11.3 Å². The third kappa shape index (κ3) is 3.82. The van der Waals surface area contributed by atoms with Gasteiger partial charge in [0, 0.05) is 12.2 Å². The van der Waals surface area contributed by atoms with Crippen molar-refractivity contribution in [3.63, 3.8) is 0 Å². The Kier molecular flexibility index (Phi) is 5.13. The van der Waals surface area contributed by atoms with Gasteiger partial charge < -0.3 is 5.32 Å². The third-order valence-corrected chi connectivity index (χ3v) is 4.35. The van der Waals surface area contributed by atoms with Crippen LogP contribution in [0, 0.1) is 18.7 Å². The van der Waals surface area contributed by atoms with Crippen molar-refractivity contribution in [2.75, 3.05) is 6.54 Å². The number of amides is 1. The molecule has 0 aliphatic rings. The fourth-order valence-corrected chi connectivity index (χ4v) is 2.93. The number of rotatable bonds is 5. The topological polar surface area (TPSA) is 51.1 Å². The molecule has 6 heteroatoms. The van der Waals surface area contributed by atoms with E-state index in [4.69, 9.17) is 0 Å². The van der Waals surface area contributed by atoms with Gasteiger partial charge in [-0.15, -0.1) is 0 Å². The molecule has 1 aromatic carbocycles. The minimum absolute atomic E-state index is 0.184. The largest absolute Gasteiger partial charge is 0.351 e. The third-order valence-electron chi connectivity index (χ3n) is 3.27. The van der Waals surface area contributed by atoms with Crippen LogP contribution in [0.15, 0.2) is 29.1 Å². The molecule has 0 fully saturated rings. The highest BCUT2D eigenvalue weighted by molar-refractivity contribution is 7.11. The lowest BCUT2D eigenvalue weighted by atomic mass is 10.2. The zero-order chi connectivity index (χ0) is 16.3. The van der Waals surface area contributed by atoms with E-state index >= 15 is 0 Å². The fraction of sp³-hybridized carbons (Fsp3) is 0.375. The van der Waals surface area contributed by atoms with Crippen molar-refractivity contribution >= 4 is 17.2 Å². The number of hydrogen-bond acceptors (Lipinski definition) is 3. The normalized spacial score (nSPS) is 11.0. The van der Waals surface area contributed by atoms with Gasteiger partial charge in [-0.1, -0.05) is 37.3 Å². The molecule has 0 saturated heterocycles. The highest BCUT2D eigenvalue weighted by Gasteiger charge is 2.17. The highest BCUT2D eigenvalue weighted by atomic mass is 32.1. The van der Waals surface area contributed by atoms with E-state index in [-0.39, 0.29) is 16.6 Å². The van der Waals surface area contributed by atoms with Crippen molar-refractivity contribution in [3.8, 4) is 0 Å². The fourth-order valence-electron chi connectivity index (χ4n) is 2.02. The summed E-state index contributed by atoms with van der Waals surface area (Å²) in [7, 11) is 0. The van der Waals surface area contributed by atoms with Crippen molar-refractivity contribution in [1.29, 1.82) is 0 Å². The molecule has 0 aliphatic heterocycles. The molecule has 2 rings (SSSR count). The Balaban J connectivity index is 2.21. The lowest BCUT2D eigenvalue weighted by Gasteiger charge is -2.08. The summed E-state index contributed by atoms with van der Waals surface area (Å²) < 4.78 is 14.5. The molecule has 1 N–H and O–H groups in total. The van der Waals surface area contributed by atoms with Crippen LogP contribution in [0.3, 0.4) is 0 Å². The van der Waals surface area contributed by atoms with Gasteiger partial charge >= 0.3 is 4.87 Å². The van der Waals surface area contributed by atoms with Gasteiger partial charge in [-0.3, -0.25) is 14.2 Å². The van der Waals surface area contributed by atoms with Gasteiger partial charge in [0.2, 0.25) is 0 Å². The van der Waals surface area contributed by atoms with E-state index in [9.17, 15) is 14.0 Å². The minimum Gasteiger partial charge on any atom is -0.351 e. The number of carbonyl (C=O) groups excluding carboxylic acids is 1. The van der Waals surface area contributed by atoms with E-state index in [0.29, 0.717) is 29.6 Å². The molecule has 22 heavy (non-hydrogen) atoms. The Morgan fingerprint density at radius 1 is 1.32 bits per heavy atom. The molecule has 2 aromatic rings. The number of nitrogens with one attached hydrogen (secondary N) is 1. The van der Waals surface area contributed by atoms with Crippen LogP contribution < -0.4 is 10.2 Å². The summed E-state index contributed by atoms with van der Waals surface area (Å²) in [6, 6.07) is 5.99. The molecular weight excluding hydrogens is 303 g/mol. The summed E-state index contributed by atoms with van der Waals surface area (Å²) in [5.74, 6) is -0.180. The van der Waals surface area contributed by atoms with Crippen molar-refractivity contribution < 1.29 is 9.18 Å². The molecule has 0 radical (unpaired) electrons. The molecule has 4 nitrogen and oxygen atoms in total. The van der Waals surface area contributed by atoms with Crippen LogP contribution in [0.25, 0.3) is 0 Å². The number of hydrogen-bond donors (Lipinski definition) is 1. The second-order valence-electron chi connectivity index (χ2n) is 5.60. The molecule has 0 bridgehead atoms. The molecule has 1 amide bonds. The summed E-state index contributed by atoms with van der Waals surface area (Å²) in [4.78, 5) is 24.5. The van der Waals surface area contributed by atoms with E-state index in [1.165, 1.54) is 12.1 Å². The predicted molar refractivity (Wildman–Crippen MR) is 86.0 cm³/mol. The van der Waals surface area contributed by atoms with Gasteiger partial charge in [0.1, 0.15) is 10.7 Å². The Labute approximate surface area is 132 Å². The number of nitrogens with zero attached hydrogens (tertiary/aromatic N) is 1. The molecule has 118 valence electrons. The van der Waals surface area contributed by atoms with E-state index in [1.54, 1.807) is 23.6 Å². The first-order valence-corrected chi connectivity index (χ1v) is 7.93. The number of carbonyl (C=O) groups is 1. The zero-order valence-electron chi connectivity index (χ0n) is 12.9. The van der Waals surface area contributed by atoms with Gasteiger partial charge in [-0.2, -0.15) is 0 Å². The summed E-state index contributed by atoms with van der Waals surface area (Å²) in [6.07, 6.45) is 0. The monoisotopic (exact) mass is 322 g/mol. The molecule has 1 aromatic heterocycles. The van der Waals surface area contributed by atoms with Gasteiger partial charge in [-0.25, -0.2) is 4.39 Å². The summed E-state index contributed by atoms with van der Waals surface area (Å²) in [5, 5.41) is 2.82. The Bertz CT molecular complexity index is 717. The second kappa shape index (κ2) is 6.87.